The highest BCUT2D eigenvalue weighted by Gasteiger charge is 2.30. The van der Waals surface area contributed by atoms with Crippen LogP contribution < -0.4 is 5.32 Å². The standard InChI is InChI=1S/C13H22N4O2/c1-9-10(2)19-12(15-9)8-17-6-5-14-7-11(17)13(18)16(3)4/h11,14H,5-8H2,1-4H3. The number of carbonyl (C=O) groups excluding carboxylic acids is 1. The number of oxazole rings is 1. The fourth-order valence-electron chi connectivity index (χ4n) is 2.26. The van der Waals surface area contributed by atoms with E-state index >= 15 is 0 Å². The summed E-state index contributed by atoms with van der Waals surface area (Å²) in [5.74, 6) is 1.65. The number of carbonyl (C=O) groups is 1. The van der Waals surface area contributed by atoms with Crippen LogP contribution in [-0.4, -0.2) is 60.5 Å². The van der Waals surface area contributed by atoms with Gasteiger partial charge < -0.3 is 14.6 Å². The molecule has 1 amide bonds. The molecule has 6 nitrogen and oxygen atoms in total. The van der Waals surface area contributed by atoms with Gasteiger partial charge in [-0.05, 0) is 13.8 Å². The zero-order valence-corrected chi connectivity index (χ0v) is 12.1. The van der Waals surface area contributed by atoms with E-state index in [-0.39, 0.29) is 11.9 Å². The lowest BCUT2D eigenvalue weighted by Crippen LogP contribution is -2.57. The number of nitrogens with one attached hydrogen (secondary N) is 1. The number of hydrogen-bond donors (Lipinski definition) is 1. The normalized spacial score (nSPS) is 20.5. The van der Waals surface area contributed by atoms with Crippen molar-refractivity contribution in [1.82, 2.24) is 20.1 Å². The zero-order valence-electron chi connectivity index (χ0n) is 12.1. The molecule has 0 aromatic carbocycles. The number of rotatable bonds is 3. The van der Waals surface area contributed by atoms with Crippen LogP contribution in [0.4, 0.5) is 0 Å². The SMILES string of the molecule is Cc1nc(CN2CCNCC2C(=O)N(C)C)oc1C. The van der Waals surface area contributed by atoms with Gasteiger partial charge in [-0.15, -0.1) is 0 Å². The Bertz CT molecular complexity index is 436. The van der Waals surface area contributed by atoms with Gasteiger partial charge in [-0.3, -0.25) is 9.69 Å². The third kappa shape index (κ3) is 3.13. The maximum absolute atomic E-state index is 12.2. The molecule has 1 atom stereocenters. The van der Waals surface area contributed by atoms with Crippen LogP contribution in [0.15, 0.2) is 4.42 Å². The Kier molecular flexibility index (Phi) is 4.21. The fourth-order valence-corrected chi connectivity index (χ4v) is 2.26. The van der Waals surface area contributed by atoms with E-state index in [9.17, 15) is 4.79 Å². The van der Waals surface area contributed by atoms with Gasteiger partial charge >= 0.3 is 0 Å². The molecule has 2 heterocycles. The first-order valence-electron chi connectivity index (χ1n) is 6.58. The van der Waals surface area contributed by atoms with Crippen molar-refractivity contribution < 1.29 is 9.21 Å². The summed E-state index contributed by atoms with van der Waals surface area (Å²) in [6.07, 6.45) is 0. The van der Waals surface area contributed by atoms with E-state index in [0.29, 0.717) is 19.0 Å². The van der Waals surface area contributed by atoms with Crippen LogP contribution in [0.2, 0.25) is 0 Å². The molecular formula is C13H22N4O2. The smallest absolute Gasteiger partial charge is 0.240 e. The van der Waals surface area contributed by atoms with E-state index in [1.807, 2.05) is 13.8 Å². The Hall–Kier alpha value is -1.40. The summed E-state index contributed by atoms with van der Waals surface area (Å²) >= 11 is 0. The molecule has 6 heteroatoms. The minimum atomic E-state index is -0.142. The summed E-state index contributed by atoms with van der Waals surface area (Å²) in [5, 5.41) is 3.26. The Morgan fingerprint density at radius 2 is 2.26 bits per heavy atom. The third-order valence-corrected chi connectivity index (χ3v) is 3.49. The van der Waals surface area contributed by atoms with Crippen LogP contribution >= 0.6 is 0 Å². The van der Waals surface area contributed by atoms with E-state index in [1.165, 1.54) is 0 Å². The van der Waals surface area contributed by atoms with Gasteiger partial charge in [-0.25, -0.2) is 4.98 Å². The summed E-state index contributed by atoms with van der Waals surface area (Å²) < 4.78 is 5.61. The van der Waals surface area contributed by atoms with Crippen molar-refractivity contribution in [2.75, 3.05) is 33.7 Å². The molecule has 19 heavy (non-hydrogen) atoms. The molecular weight excluding hydrogens is 244 g/mol. The first-order valence-corrected chi connectivity index (χ1v) is 6.58. The van der Waals surface area contributed by atoms with Crippen molar-refractivity contribution >= 4 is 5.91 Å². The van der Waals surface area contributed by atoms with Crippen molar-refractivity contribution in [3.8, 4) is 0 Å². The van der Waals surface area contributed by atoms with Crippen molar-refractivity contribution in [3.63, 3.8) is 0 Å². The van der Waals surface area contributed by atoms with Crippen LogP contribution in [0.3, 0.4) is 0 Å². The Morgan fingerprint density at radius 3 is 2.84 bits per heavy atom. The summed E-state index contributed by atoms with van der Waals surface area (Å²) in [5.41, 5.74) is 0.917. The van der Waals surface area contributed by atoms with Crippen LogP contribution in [-0.2, 0) is 11.3 Å². The number of aryl methyl sites for hydroxylation is 2. The number of hydrogen-bond acceptors (Lipinski definition) is 5. The highest BCUT2D eigenvalue weighted by atomic mass is 16.4. The second-order valence-electron chi connectivity index (χ2n) is 5.17. The average Bonchev–Trinajstić information content (AvgIpc) is 2.68. The molecule has 1 aromatic heterocycles. The predicted octanol–water partition coefficient (Wildman–Crippen LogP) is 0.153. The highest BCUT2D eigenvalue weighted by molar-refractivity contribution is 5.81. The molecule has 1 saturated heterocycles. The lowest BCUT2D eigenvalue weighted by molar-refractivity contribution is -0.135. The van der Waals surface area contributed by atoms with Gasteiger partial charge in [-0.2, -0.15) is 0 Å². The van der Waals surface area contributed by atoms with Crippen LogP contribution in [0.25, 0.3) is 0 Å². The molecule has 106 valence electrons. The Balaban J connectivity index is 2.09. The minimum absolute atomic E-state index is 0.118. The lowest BCUT2D eigenvalue weighted by Gasteiger charge is -2.35. The zero-order chi connectivity index (χ0) is 14.0. The third-order valence-electron chi connectivity index (χ3n) is 3.49. The summed E-state index contributed by atoms with van der Waals surface area (Å²) in [4.78, 5) is 20.3. The van der Waals surface area contributed by atoms with Gasteiger partial charge in [0.2, 0.25) is 11.8 Å². The lowest BCUT2D eigenvalue weighted by atomic mass is 10.1. The molecule has 1 aliphatic heterocycles. The molecule has 1 aromatic rings. The summed E-state index contributed by atoms with van der Waals surface area (Å²) in [6, 6.07) is -0.142. The molecule has 0 saturated carbocycles. The maximum Gasteiger partial charge on any atom is 0.240 e. The van der Waals surface area contributed by atoms with Crippen molar-refractivity contribution in [2.45, 2.75) is 26.4 Å². The van der Waals surface area contributed by atoms with E-state index in [0.717, 1.165) is 24.5 Å². The molecule has 2 rings (SSSR count). The van der Waals surface area contributed by atoms with Crippen molar-refractivity contribution in [2.24, 2.45) is 0 Å². The number of nitrogens with zero attached hydrogens (tertiary/aromatic N) is 3. The van der Waals surface area contributed by atoms with Crippen molar-refractivity contribution in [3.05, 3.63) is 17.3 Å². The minimum Gasteiger partial charge on any atom is -0.444 e. The van der Waals surface area contributed by atoms with E-state index < -0.39 is 0 Å². The predicted molar refractivity (Wildman–Crippen MR) is 71.7 cm³/mol. The van der Waals surface area contributed by atoms with Crippen molar-refractivity contribution in [1.29, 1.82) is 0 Å². The van der Waals surface area contributed by atoms with Crippen LogP contribution in [0, 0.1) is 13.8 Å². The van der Waals surface area contributed by atoms with E-state index in [1.54, 1.807) is 19.0 Å². The topological polar surface area (TPSA) is 61.6 Å². The first kappa shape index (κ1) is 14.0. The van der Waals surface area contributed by atoms with Gasteiger partial charge in [0.1, 0.15) is 11.8 Å². The van der Waals surface area contributed by atoms with Gasteiger partial charge in [0.25, 0.3) is 0 Å². The Labute approximate surface area is 113 Å². The highest BCUT2D eigenvalue weighted by Crippen LogP contribution is 2.14. The molecule has 1 fully saturated rings. The first-order chi connectivity index (χ1) is 8.99. The molecule has 1 N–H and O–H groups in total. The number of amides is 1. The van der Waals surface area contributed by atoms with Gasteiger partial charge in [0.15, 0.2) is 0 Å². The van der Waals surface area contributed by atoms with Gasteiger partial charge in [-0.1, -0.05) is 0 Å². The summed E-state index contributed by atoms with van der Waals surface area (Å²) in [6.45, 7) is 6.81. The second kappa shape index (κ2) is 5.71. The maximum atomic E-state index is 12.2. The van der Waals surface area contributed by atoms with Gasteiger partial charge in [0, 0.05) is 33.7 Å². The quantitative estimate of drug-likeness (QED) is 0.844. The number of piperazine rings is 1. The summed E-state index contributed by atoms with van der Waals surface area (Å²) in [7, 11) is 3.57. The molecule has 0 bridgehead atoms. The monoisotopic (exact) mass is 266 g/mol. The van der Waals surface area contributed by atoms with Gasteiger partial charge in [0.05, 0.1) is 12.2 Å². The Morgan fingerprint density at radius 1 is 1.53 bits per heavy atom. The van der Waals surface area contributed by atoms with Crippen LogP contribution in [0.1, 0.15) is 17.3 Å². The molecule has 1 unspecified atom stereocenters. The average molecular weight is 266 g/mol. The number of aromatic nitrogens is 1. The number of likely N-dealkylation sites (N-methyl/N-ethyl adjacent to an activating group) is 1. The molecule has 0 aliphatic carbocycles. The molecule has 0 spiro atoms. The van der Waals surface area contributed by atoms with E-state index in [4.69, 9.17) is 4.42 Å². The largest absolute Gasteiger partial charge is 0.444 e. The second-order valence-corrected chi connectivity index (χ2v) is 5.17. The molecule has 0 radical (unpaired) electrons. The van der Waals surface area contributed by atoms with Crippen LogP contribution in [0.5, 0.6) is 0 Å². The van der Waals surface area contributed by atoms with E-state index in [2.05, 4.69) is 15.2 Å². The fraction of sp³-hybridized carbons (Fsp3) is 0.692. The molecule has 1 aliphatic rings.